The van der Waals surface area contributed by atoms with E-state index < -0.39 is 6.04 Å². The summed E-state index contributed by atoms with van der Waals surface area (Å²) in [4.78, 5) is 39.6. The van der Waals surface area contributed by atoms with Crippen LogP contribution in [0.1, 0.15) is 6.42 Å². The molecule has 1 atom stereocenters. The lowest BCUT2D eigenvalue weighted by Crippen LogP contribution is -2.48. The largest absolute Gasteiger partial charge is 0.340 e. The molecule has 2 aliphatic heterocycles. The summed E-state index contributed by atoms with van der Waals surface area (Å²) < 4.78 is 0. The van der Waals surface area contributed by atoms with Gasteiger partial charge in [0.15, 0.2) is 0 Å². The van der Waals surface area contributed by atoms with E-state index in [0.29, 0.717) is 13.1 Å². The zero-order valence-electron chi connectivity index (χ0n) is 10.7. The summed E-state index contributed by atoms with van der Waals surface area (Å²) in [6.07, 6.45) is 0.0748. The number of hydrogen-bond acceptors (Lipinski definition) is 4. The minimum absolute atomic E-state index is 0.0650. The van der Waals surface area contributed by atoms with Gasteiger partial charge in [-0.15, -0.1) is 0 Å². The van der Waals surface area contributed by atoms with Gasteiger partial charge in [-0.2, -0.15) is 0 Å². The number of hydrogen-bond donors (Lipinski definition) is 1. The number of likely N-dealkylation sites (N-methyl/N-ethyl adjacent to an activating group) is 2. The molecule has 100 valence electrons. The minimum atomic E-state index is -0.648. The van der Waals surface area contributed by atoms with E-state index in [4.69, 9.17) is 0 Å². The molecule has 4 amide bonds. The Morgan fingerprint density at radius 1 is 1.28 bits per heavy atom. The third kappa shape index (κ3) is 2.17. The first-order valence-electron chi connectivity index (χ1n) is 6.05. The fraction of sp³-hybridized carbons (Fsp3) is 0.727. The number of amides is 4. The number of imide groups is 1. The van der Waals surface area contributed by atoms with Crippen LogP contribution in [0, 0.1) is 0 Å². The molecule has 2 saturated heterocycles. The van der Waals surface area contributed by atoms with Crippen molar-refractivity contribution in [1.29, 1.82) is 0 Å². The van der Waals surface area contributed by atoms with Crippen molar-refractivity contribution in [2.24, 2.45) is 0 Å². The van der Waals surface area contributed by atoms with Crippen LogP contribution in [0.4, 0.5) is 4.79 Å². The molecule has 18 heavy (non-hydrogen) atoms. The molecule has 0 bridgehead atoms. The zero-order valence-corrected chi connectivity index (χ0v) is 10.7. The Balaban J connectivity index is 1.98. The van der Waals surface area contributed by atoms with E-state index in [1.54, 1.807) is 11.9 Å². The molecule has 0 radical (unpaired) electrons. The third-order valence-electron chi connectivity index (χ3n) is 3.51. The van der Waals surface area contributed by atoms with Gasteiger partial charge in [-0.3, -0.25) is 14.5 Å². The van der Waals surface area contributed by atoms with Gasteiger partial charge in [0, 0.05) is 40.3 Å². The van der Waals surface area contributed by atoms with E-state index in [9.17, 15) is 14.4 Å². The summed E-state index contributed by atoms with van der Waals surface area (Å²) in [7, 11) is 3.00. The molecule has 0 aromatic rings. The number of nitrogens with one attached hydrogen (secondary N) is 1. The van der Waals surface area contributed by atoms with Gasteiger partial charge in [0.05, 0.1) is 6.42 Å². The highest BCUT2D eigenvalue weighted by molar-refractivity contribution is 6.05. The van der Waals surface area contributed by atoms with Crippen molar-refractivity contribution in [2.45, 2.75) is 12.5 Å². The second-order valence-corrected chi connectivity index (χ2v) is 4.64. The van der Waals surface area contributed by atoms with Crippen LogP contribution in [0.2, 0.25) is 0 Å². The maximum atomic E-state index is 12.0. The number of piperazine rings is 1. The molecule has 1 unspecified atom stereocenters. The van der Waals surface area contributed by atoms with Crippen LogP contribution < -0.4 is 5.32 Å². The summed E-state index contributed by atoms with van der Waals surface area (Å²) in [5, 5.41) is 3.16. The SMILES string of the molecule is CN1C(=O)C(CC(=O)N2CCNCC2)N(C)C1=O. The van der Waals surface area contributed by atoms with Crippen molar-refractivity contribution in [3.63, 3.8) is 0 Å². The lowest BCUT2D eigenvalue weighted by Gasteiger charge is -2.28. The normalized spacial score (nSPS) is 25.0. The van der Waals surface area contributed by atoms with Gasteiger partial charge in [0.2, 0.25) is 5.91 Å². The second kappa shape index (κ2) is 4.93. The van der Waals surface area contributed by atoms with Crippen LogP contribution in [0.25, 0.3) is 0 Å². The Morgan fingerprint density at radius 2 is 1.89 bits per heavy atom. The van der Waals surface area contributed by atoms with Gasteiger partial charge in [-0.05, 0) is 0 Å². The van der Waals surface area contributed by atoms with Crippen LogP contribution in [0.5, 0.6) is 0 Å². The second-order valence-electron chi connectivity index (χ2n) is 4.64. The summed E-state index contributed by atoms with van der Waals surface area (Å²) in [5.41, 5.74) is 0. The molecule has 7 nitrogen and oxygen atoms in total. The molecule has 0 aromatic heterocycles. The lowest BCUT2D eigenvalue weighted by atomic mass is 10.1. The van der Waals surface area contributed by atoms with E-state index >= 15 is 0 Å². The third-order valence-corrected chi connectivity index (χ3v) is 3.51. The molecule has 2 rings (SSSR count). The summed E-state index contributed by atoms with van der Waals surface area (Å²) in [5.74, 6) is -0.365. The van der Waals surface area contributed by atoms with E-state index in [2.05, 4.69) is 5.32 Å². The van der Waals surface area contributed by atoms with Crippen LogP contribution in [0.15, 0.2) is 0 Å². The van der Waals surface area contributed by atoms with E-state index in [1.165, 1.54) is 11.9 Å². The zero-order chi connectivity index (χ0) is 13.3. The first-order valence-corrected chi connectivity index (χ1v) is 6.05. The highest BCUT2D eigenvalue weighted by Gasteiger charge is 2.42. The van der Waals surface area contributed by atoms with Gasteiger partial charge in [-0.1, -0.05) is 0 Å². The van der Waals surface area contributed by atoms with Crippen LogP contribution in [-0.2, 0) is 9.59 Å². The van der Waals surface area contributed by atoms with Gasteiger partial charge in [0.1, 0.15) is 6.04 Å². The van der Waals surface area contributed by atoms with Crippen LogP contribution >= 0.6 is 0 Å². The van der Waals surface area contributed by atoms with E-state index in [0.717, 1.165) is 18.0 Å². The molecule has 0 aromatic carbocycles. The van der Waals surface area contributed by atoms with Crippen molar-refractivity contribution >= 4 is 17.8 Å². The van der Waals surface area contributed by atoms with Crippen LogP contribution in [-0.4, -0.2) is 78.9 Å². The number of carbonyl (C=O) groups is 3. The summed E-state index contributed by atoms with van der Waals surface area (Å²) in [6.45, 7) is 2.87. The monoisotopic (exact) mass is 254 g/mol. The van der Waals surface area contributed by atoms with E-state index in [1.807, 2.05) is 0 Å². The number of rotatable bonds is 2. The Bertz CT molecular complexity index is 378. The lowest BCUT2D eigenvalue weighted by molar-refractivity contribution is -0.136. The first-order chi connectivity index (χ1) is 8.52. The van der Waals surface area contributed by atoms with Gasteiger partial charge in [0.25, 0.3) is 5.91 Å². The Kier molecular flexibility index (Phi) is 3.51. The molecule has 2 fully saturated rings. The number of urea groups is 1. The molecule has 2 heterocycles. The average Bonchev–Trinajstić information content (AvgIpc) is 2.57. The predicted molar refractivity (Wildman–Crippen MR) is 63.8 cm³/mol. The van der Waals surface area contributed by atoms with E-state index in [-0.39, 0.29) is 24.3 Å². The van der Waals surface area contributed by atoms with Gasteiger partial charge < -0.3 is 15.1 Å². The fourth-order valence-corrected chi connectivity index (χ4v) is 2.29. The predicted octanol–water partition coefficient (Wildman–Crippen LogP) is -1.30. The van der Waals surface area contributed by atoms with Crippen molar-refractivity contribution < 1.29 is 14.4 Å². The van der Waals surface area contributed by atoms with Crippen molar-refractivity contribution in [2.75, 3.05) is 40.3 Å². The Labute approximate surface area is 106 Å². The van der Waals surface area contributed by atoms with Crippen molar-refractivity contribution in [3.8, 4) is 0 Å². The Hall–Kier alpha value is -1.63. The fourth-order valence-electron chi connectivity index (χ4n) is 2.29. The number of carbonyl (C=O) groups excluding carboxylic acids is 3. The minimum Gasteiger partial charge on any atom is -0.340 e. The van der Waals surface area contributed by atoms with Crippen molar-refractivity contribution in [3.05, 3.63) is 0 Å². The standard InChI is InChI=1S/C11H18N4O3/c1-13-8(10(17)14(2)11(13)18)7-9(16)15-5-3-12-4-6-15/h8,12H,3-7H2,1-2H3. The molecule has 0 aliphatic carbocycles. The molecule has 1 N–H and O–H groups in total. The van der Waals surface area contributed by atoms with Crippen LogP contribution in [0.3, 0.4) is 0 Å². The quantitative estimate of drug-likeness (QED) is 0.622. The summed E-state index contributed by atoms with van der Waals surface area (Å²) in [6, 6.07) is -0.997. The highest BCUT2D eigenvalue weighted by atomic mass is 16.2. The smallest absolute Gasteiger partial charge is 0.326 e. The van der Waals surface area contributed by atoms with Crippen molar-refractivity contribution in [1.82, 2.24) is 20.0 Å². The Morgan fingerprint density at radius 3 is 2.39 bits per heavy atom. The number of nitrogens with zero attached hydrogens (tertiary/aromatic N) is 3. The molecule has 0 saturated carbocycles. The first kappa shape index (κ1) is 12.8. The maximum Gasteiger partial charge on any atom is 0.326 e. The molecular weight excluding hydrogens is 236 g/mol. The van der Waals surface area contributed by atoms with Gasteiger partial charge >= 0.3 is 6.03 Å². The molecule has 7 heteroatoms. The topological polar surface area (TPSA) is 73.0 Å². The summed E-state index contributed by atoms with van der Waals surface area (Å²) >= 11 is 0. The molecular formula is C11H18N4O3. The van der Waals surface area contributed by atoms with Gasteiger partial charge in [-0.25, -0.2) is 4.79 Å². The average molecular weight is 254 g/mol. The maximum absolute atomic E-state index is 12.0. The highest BCUT2D eigenvalue weighted by Crippen LogP contribution is 2.17. The molecule has 0 spiro atoms. The molecule has 2 aliphatic rings.